The minimum atomic E-state index is 0.573. The number of halogens is 1. The van der Waals surface area contributed by atoms with Crippen molar-refractivity contribution in [1.82, 2.24) is 5.32 Å². The Morgan fingerprint density at radius 2 is 2.17 bits per heavy atom. The molecule has 0 saturated heterocycles. The van der Waals surface area contributed by atoms with Gasteiger partial charge in [0.2, 0.25) is 0 Å². The molecule has 2 rings (SSSR count). The molecular weight excluding hydrogens is 294 g/mol. The van der Waals surface area contributed by atoms with E-state index in [1.807, 2.05) is 0 Å². The second-order valence-corrected chi connectivity index (χ2v) is 5.19. The van der Waals surface area contributed by atoms with E-state index in [0.29, 0.717) is 6.61 Å². The SMILES string of the molecule is CCNCc1oc2c(Br)cc(C)cc2c1COC. The maximum atomic E-state index is 5.95. The number of hydrogen-bond donors (Lipinski definition) is 1. The van der Waals surface area contributed by atoms with Gasteiger partial charge in [-0.2, -0.15) is 0 Å². The van der Waals surface area contributed by atoms with E-state index >= 15 is 0 Å². The zero-order chi connectivity index (χ0) is 13.1. The largest absolute Gasteiger partial charge is 0.458 e. The van der Waals surface area contributed by atoms with Crippen LogP contribution in [0.15, 0.2) is 21.0 Å². The molecule has 0 aliphatic heterocycles. The van der Waals surface area contributed by atoms with Crippen molar-refractivity contribution in [2.75, 3.05) is 13.7 Å². The molecule has 0 fully saturated rings. The van der Waals surface area contributed by atoms with Crippen molar-refractivity contribution in [3.63, 3.8) is 0 Å². The summed E-state index contributed by atoms with van der Waals surface area (Å²) in [5, 5.41) is 4.43. The maximum absolute atomic E-state index is 5.95. The van der Waals surface area contributed by atoms with Gasteiger partial charge >= 0.3 is 0 Å². The predicted octanol–water partition coefficient (Wildman–Crippen LogP) is 3.76. The molecule has 1 aromatic heterocycles. The standard InChI is InChI=1S/C14H18BrNO2/c1-4-16-7-13-11(8-17-3)10-5-9(2)6-12(15)14(10)18-13/h5-6,16H,4,7-8H2,1-3H3. The molecule has 2 aromatic rings. The van der Waals surface area contributed by atoms with Crippen LogP contribution in [0, 0.1) is 6.92 Å². The second kappa shape index (κ2) is 5.87. The fourth-order valence-corrected chi connectivity index (χ4v) is 2.73. The van der Waals surface area contributed by atoms with Gasteiger partial charge in [-0.15, -0.1) is 0 Å². The van der Waals surface area contributed by atoms with Gasteiger partial charge in [0.25, 0.3) is 0 Å². The summed E-state index contributed by atoms with van der Waals surface area (Å²) in [6.07, 6.45) is 0. The van der Waals surface area contributed by atoms with E-state index in [1.165, 1.54) is 5.56 Å². The number of aryl methyl sites for hydroxylation is 1. The Kier molecular flexibility index (Phi) is 4.43. The van der Waals surface area contributed by atoms with Gasteiger partial charge < -0.3 is 14.5 Å². The van der Waals surface area contributed by atoms with Gasteiger partial charge in [0.1, 0.15) is 11.3 Å². The first kappa shape index (κ1) is 13.6. The Hall–Kier alpha value is -0.840. The first-order chi connectivity index (χ1) is 8.67. The fourth-order valence-electron chi connectivity index (χ4n) is 2.08. The van der Waals surface area contributed by atoms with Crippen LogP contribution in [0.4, 0.5) is 0 Å². The first-order valence-electron chi connectivity index (χ1n) is 6.07. The highest BCUT2D eigenvalue weighted by Gasteiger charge is 2.16. The quantitative estimate of drug-likeness (QED) is 0.913. The molecule has 0 atom stereocenters. The summed E-state index contributed by atoms with van der Waals surface area (Å²) in [6, 6.07) is 4.22. The summed E-state index contributed by atoms with van der Waals surface area (Å²) in [6.45, 7) is 6.39. The van der Waals surface area contributed by atoms with Gasteiger partial charge in [-0.1, -0.05) is 6.92 Å². The number of rotatable bonds is 5. The normalized spacial score (nSPS) is 11.3. The molecule has 98 valence electrons. The highest BCUT2D eigenvalue weighted by atomic mass is 79.9. The van der Waals surface area contributed by atoms with Gasteiger partial charge in [0.05, 0.1) is 17.6 Å². The van der Waals surface area contributed by atoms with Gasteiger partial charge in [-0.25, -0.2) is 0 Å². The maximum Gasteiger partial charge on any atom is 0.148 e. The molecule has 0 radical (unpaired) electrons. The van der Waals surface area contributed by atoms with Crippen LogP contribution in [0.2, 0.25) is 0 Å². The predicted molar refractivity (Wildman–Crippen MR) is 76.7 cm³/mol. The summed E-state index contributed by atoms with van der Waals surface area (Å²) in [7, 11) is 1.71. The molecule has 0 aliphatic rings. The number of fused-ring (bicyclic) bond motifs is 1. The van der Waals surface area contributed by atoms with Gasteiger partial charge in [-0.05, 0) is 47.1 Å². The van der Waals surface area contributed by atoms with Gasteiger partial charge in [-0.3, -0.25) is 0 Å². The van der Waals surface area contributed by atoms with Crippen LogP contribution in [0.5, 0.6) is 0 Å². The van der Waals surface area contributed by atoms with Crippen molar-refractivity contribution in [2.45, 2.75) is 27.0 Å². The number of benzene rings is 1. The Morgan fingerprint density at radius 3 is 2.83 bits per heavy atom. The minimum Gasteiger partial charge on any atom is -0.458 e. The van der Waals surface area contributed by atoms with E-state index in [4.69, 9.17) is 9.15 Å². The molecular formula is C14H18BrNO2. The van der Waals surface area contributed by atoms with Crippen LogP contribution < -0.4 is 5.32 Å². The van der Waals surface area contributed by atoms with E-state index < -0.39 is 0 Å². The molecule has 0 saturated carbocycles. The molecule has 1 N–H and O–H groups in total. The van der Waals surface area contributed by atoms with Crippen molar-refractivity contribution >= 4 is 26.9 Å². The summed E-state index contributed by atoms with van der Waals surface area (Å²) >= 11 is 3.56. The summed E-state index contributed by atoms with van der Waals surface area (Å²) < 4.78 is 12.2. The van der Waals surface area contributed by atoms with Crippen molar-refractivity contribution in [3.8, 4) is 0 Å². The Morgan fingerprint density at radius 1 is 1.39 bits per heavy atom. The zero-order valence-electron chi connectivity index (χ0n) is 11.0. The molecule has 18 heavy (non-hydrogen) atoms. The molecule has 0 spiro atoms. The van der Waals surface area contributed by atoms with Crippen LogP contribution in [-0.2, 0) is 17.9 Å². The molecule has 0 bridgehead atoms. The second-order valence-electron chi connectivity index (χ2n) is 4.34. The van der Waals surface area contributed by atoms with Crippen LogP contribution >= 0.6 is 15.9 Å². The van der Waals surface area contributed by atoms with E-state index in [1.54, 1.807) is 7.11 Å². The van der Waals surface area contributed by atoms with Crippen molar-refractivity contribution in [3.05, 3.63) is 33.5 Å². The fraction of sp³-hybridized carbons (Fsp3) is 0.429. The van der Waals surface area contributed by atoms with Crippen molar-refractivity contribution < 1.29 is 9.15 Å². The van der Waals surface area contributed by atoms with Crippen LogP contribution in [0.1, 0.15) is 23.8 Å². The smallest absolute Gasteiger partial charge is 0.148 e. The summed E-state index contributed by atoms with van der Waals surface area (Å²) in [5.74, 6) is 0.958. The van der Waals surface area contributed by atoms with Gasteiger partial charge in [0.15, 0.2) is 0 Å². The third-order valence-corrected chi connectivity index (χ3v) is 3.49. The summed E-state index contributed by atoms with van der Waals surface area (Å²) in [5.41, 5.74) is 3.25. The highest BCUT2D eigenvalue weighted by molar-refractivity contribution is 9.10. The van der Waals surface area contributed by atoms with Crippen LogP contribution in [0.25, 0.3) is 11.0 Å². The van der Waals surface area contributed by atoms with Crippen molar-refractivity contribution in [1.29, 1.82) is 0 Å². The lowest BCUT2D eigenvalue weighted by atomic mass is 10.1. The lowest BCUT2D eigenvalue weighted by molar-refractivity contribution is 0.183. The Balaban J connectivity index is 2.55. The number of furan rings is 1. The minimum absolute atomic E-state index is 0.573. The summed E-state index contributed by atoms with van der Waals surface area (Å²) in [4.78, 5) is 0. The zero-order valence-corrected chi connectivity index (χ0v) is 12.6. The van der Waals surface area contributed by atoms with Crippen molar-refractivity contribution in [2.24, 2.45) is 0 Å². The molecule has 0 aliphatic carbocycles. The molecule has 4 heteroatoms. The van der Waals surface area contributed by atoms with E-state index in [-0.39, 0.29) is 0 Å². The van der Waals surface area contributed by atoms with Crippen LogP contribution in [-0.4, -0.2) is 13.7 Å². The Labute approximate surface area is 116 Å². The number of nitrogens with one attached hydrogen (secondary N) is 1. The third-order valence-electron chi connectivity index (χ3n) is 2.90. The molecule has 3 nitrogen and oxygen atoms in total. The lowest BCUT2D eigenvalue weighted by Crippen LogP contribution is -2.12. The average molecular weight is 312 g/mol. The van der Waals surface area contributed by atoms with E-state index in [0.717, 1.165) is 39.9 Å². The van der Waals surface area contributed by atoms with Crippen LogP contribution in [0.3, 0.4) is 0 Å². The van der Waals surface area contributed by atoms with Gasteiger partial charge in [0, 0.05) is 18.1 Å². The first-order valence-corrected chi connectivity index (χ1v) is 6.86. The number of hydrogen-bond acceptors (Lipinski definition) is 3. The molecule has 1 heterocycles. The molecule has 0 unspecified atom stereocenters. The molecule has 1 aromatic carbocycles. The topological polar surface area (TPSA) is 34.4 Å². The molecule has 0 amide bonds. The lowest BCUT2D eigenvalue weighted by Gasteiger charge is -2.02. The van der Waals surface area contributed by atoms with E-state index in [9.17, 15) is 0 Å². The Bertz CT molecular complexity index is 548. The third kappa shape index (κ3) is 2.60. The number of ether oxygens (including phenoxy) is 1. The van der Waals surface area contributed by atoms with E-state index in [2.05, 4.69) is 47.2 Å². The monoisotopic (exact) mass is 311 g/mol. The number of methoxy groups -OCH3 is 1. The highest BCUT2D eigenvalue weighted by Crippen LogP contribution is 2.33. The average Bonchev–Trinajstić information content (AvgIpc) is 2.66.